The summed E-state index contributed by atoms with van der Waals surface area (Å²) in [4.78, 5) is 28.6. The Balaban J connectivity index is 1.57. The number of likely N-dealkylation sites (N-methyl/N-ethyl adjacent to an activating group) is 1. The average Bonchev–Trinajstić information content (AvgIpc) is 3.14. The van der Waals surface area contributed by atoms with E-state index in [2.05, 4.69) is 15.0 Å². The number of β-amino-alcohol motifs (C(OH)–C–C–N with tert-alkyl or cyclic N) is 1. The third kappa shape index (κ3) is 3.88. The molecule has 1 fully saturated rings. The molecule has 1 amide bonds. The van der Waals surface area contributed by atoms with Crippen molar-refractivity contribution in [3.8, 4) is 0 Å². The zero-order chi connectivity index (χ0) is 17.2. The molecule has 1 saturated heterocycles. The van der Waals surface area contributed by atoms with Crippen LogP contribution in [0.1, 0.15) is 17.1 Å². The van der Waals surface area contributed by atoms with E-state index < -0.39 is 5.60 Å². The highest BCUT2D eigenvalue weighted by Crippen LogP contribution is 2.25. The van der Waals surface area contributed by atoms with Crippen LogP contribution in [0.2, 0.25) is 0 Å². The van der Waals surface area contributed by atoms with E-state index in [-0.39, 0.29) is 12.3 Å². The third-order valence-corrected chi connectivity index (χ3v) is 4.98. The molecular weight excluding hydrogens is 326 g/mol. The first kappa shape index (κ1) is 16.8. The molecule has 0 bridgehead atoms. The van der Waals surface area contributed by atoms with Crippen molar-refractivity contribution in [3.63, 3.8) is 0 Å². The van der Waals surface area contributed by atoms with Crippen molar-refractivity contribution < 1.29 is 9.90 Å². The summed E-state index contributed by atoms with van der Waals surface area (Å²) in [6.45, 7) is 3.36. The molecule has 1 N–H and O–H groups in total. The molecule has 8 heteroatoms. The lowest BCUT2D eigenvalue weighted by molar-refractivity contribution is -0.132. The van der Waals surface area contributed by atoms with Crippen LogP contribution in [0, 0.1) is 6.92 Å². The smallest absolute Gasteiger partial charge is 0.228 e. The predicted octanol–water partition coefficient (Wildman–Crippen LogP) is 0.884. The summed E-state index contributed by atoms with van der Waals surface area (Å²) in [6.07, 6.45) is 5.81. The van der Waals surface area contributed by atoms with Crippen molar-refractivity contribution >= 4 is 23.1 Å². The number of aromatic nitrogens is 3. The minimum absolute atomic E-state index is 0.0355. The Morgan fingerprint density at radius 2 is 2.33 bits per heavy atom. The molecule has 128 valence electrons. The van der Waals surface area contributed by atoms with Crippen LogP contribution in [0.4, 0.5) is 5.82 Å². The van der Waals surface area contributed by atoms with Crippen molar-refractivity contribution in [2.24, 2.45) is 0 Å². The van der Waals surface area contributed by atoms with E-state index in [4.69, 9.17) is 0 Å². The summed E-state index contributed by atoms with van der Waals surface area (Å²) in [7, 11) is 1.73. The topological polar surface area (TPSA) is 82.5 Å². The number of hydrogen-bond donors (Lipinski definition) is 1. The van der Waals surface area contributed by atoms with E-state index in [0.717, 1.165) is 16.5 Å². The first-order valence-corrected chi connectivity index (χ1v) is 8.71. The van der Waals surface area contributed by atoms with Crippen LogP contribution in [-0.4, -0.2) is 63.1 Å². The van der Waals surface area contributed by atoms with Crippen molar-refractivity contribution in [1.82, 2.24) is 19.9 Å². The molecule has 1 aliphatic heterocycles. The van der Waals surface area contributed by atoms with Gasteiger partial charge in [-0.1, -0.05) is 0 Å². The van der Waals surface area contributed by atoms with Crippen LogP contribution in [0.5, 0.6) is 0 Å². The zero-order valence-electron chi connectivity index (χ0n) is 13.8. The minimum atomic E-state index is -0.931. The molecule has 7 nitrogen and oxygen atoms in total. The fraction of sp³-hybridized carbons (Fsp3) is 0.500. The molecule has 3 rings (SSSR count). The Hall–Kier alpha value is -2.06. The van der Waals surface area contributed by atoms with Crippen molar-refractivity contribution in [2.45, 2.75) is 25.4 Å². The monoisotopic (exact) mass is 347 g/mol. The lowest BCUT2D eigenvalue weighted by Crippen LogP contribution is -2.46. The zero-order valence-corrected chi connectivity index (χ0v) is 14.7. The van der Waals surface area contributed by atoms with Gasteiger partial charge in [-0.15, -0.1) is 11.3 Å². The van der Waals surface area contributed by atoms with Gasteiger partial charge in [-0.2, -0.15) is 0 Å². The Morgan fingerprint density at radius 3 is 3.00 bits per heavy atom. The molecule has 0 saturated carbocycles. The maximum Gasteiger partial charge on any atom is 0.228 e. The first-order chi connectivity index (χ1) is 11.5. The van der Waals surface area contributed by atoms with Crippen LogP contribution in [-0.2, 0) is 11.2 Å². The number of thiazole rings is 1. The van der Waals surface area contributed by atoms with Gasteiger partial charge in [-0.3, -0.25) is 9.78 Å². The van der Waals surface area contributed by atoms with Gasteiger partial charge in [-0.05, 0) is 13.3 Å². The van der Waals surface area contributed by atoms with Crippen LogP contribution in [0.25, 0.3) is 0 Å². The third-order valence-electron chi connectivity index (χ3n) is 4.16. The van der Waals surface area contributed by atoms with Crippen LogP contribution in [0.3, 0.4) is 0 Å². The van der Waals surface area contributed by atoms with Gasteiger partial charge in [-0.25, -0.2) is 9.97 Å². The number of carbonyl (C=O) groups is 1. The molecule has 3 heterocycles. The van der Waals surface area contributed by atoms with Gasteiger partial charge in [0.25, 0.3) is 0 Å². The van der Waals surface area contributed by atoms with Gasteiger partial charge in [0.15, 0.2) is 0 Å². The fourth-order valence-corrected chi connectivity index (χ4v) is 3.56. The van der Waals surface area contributed by atoms with E-state index in [9.17, 15) is 9.90 Å². The minimum Gasteiger partial charge on any atom is -0.386 e. The first-order valence-electron chi connectivity index (χ1n) is 7.83. The Bertz CT molecular complexity index is 708. The molecule has 2 aromatic rings. The summed E-state index contributed by atoms with van der Waals surface area (Å²) in [5.74, 6) is 0.715. The predicted molar refractivity (Wildman–Crippen MR) is 92.0 cm³/mol. The SMILES string of the molecule is Cc1nc(CC(=O)N(C)C[C@@]2(O)CCN(c3cnccn3)C2)cs1. The number of aliphatic hydroxyl groups is 1. The second kappa shape index (κ2) is 6.82. The molecular formula is C16H21N5O2S. The van der Waals surface area contributed by atoms with Crippen LogP contribution >= 0.6 is 11.3 Å². The van der Waals surface area contributed by atoms with Gasteiger partial charge in [0, 0.05) is 37.9 Å². The second-order valence-electron chi connectivity index (χ2n) is 6.24. The normalized spacial score (nSPS) is 20.4. The van der Waals surface area contributed by atoms with Gasteiger partial charge in [0.05, 0.1) is 29.9 Å². The highest BCUT2D eigenvalue weighted by atomic mass is 32.1. The number of anilines is 1. The van der Waals surface area contributed by atoms with Gasteiger partial charge in [0.2, 0.25) is 5.91 Å². The van der Waals surface area contributed by atoms with Gasteiger partial charge in [0.1, 0.15) is 11.4 Å². The Kier molecular flexibility index (Phi) is 4.77. The fourth-order valence-electron chi connectivity index (χ4n) is 2.94. The average molecular weight is 347 g/mol. The maximum atomic E-state index is 12.3. The van der Waals surface area contributed by atoms with E-state index in [1.807, 2.05) is 17.2 Å². The number of nitrogens with zero attached hydrogens (tertiary/aromatic N) is 5. The standard InChI is InChI=1S/C16H21N5O2S/c1-12-19-13(9-24-12)7-15(22)20(2)10-16(23)3-6-21(11-16)14-8-17-4-5-18-14/h4-5,8-9,23H,3,6-7,10-11H2,1-2H3/t16-/m0/s1. The van der Waals surface area contributed by atoms with Gasteiger partial charge < -0.3 is 14.9 Å². The number of hydrogen-bond acceptors (Lipinski definition) is 7. The van der Waals surface area contributed by atoms with Crippen molar-refractivity contribution in [3.05, 3.63) is 34.7 Å². The molecule has 0 aromatic carbocycles. The summed E-state index contributed by atoms with van der Waals surface area (Å²) in [6, 6.07) is 0. The largest absolute Gasteiger partial charge is 0.386 e. The molecule has 0 spiro atoms. The maximum absolute atomic E-state index is 12.3. The van der Waals surface area contributed by atoms with Crippen LogP contribution < -0.4 is 4.90 Å². The molecule has 0 unspecified atom stereocenters. The van der Waals surface area contributed by atoms with Crippen molar-refractivity contribution in [1.29, 1.82) is 0 Å². The Labute approximate surface area is 145 Å². The molecule has 2 aromatic heterocycles. The molecule has 0 aliphatic carbocycles. The number of rotatable bonds is 5. The Morgan fingerprint density at radius 1 is 1.50 bits per heavy atom. The number of aryl methyl sites for hydroxylation is 1. The van der Waals surface area contributed by atoms with Gasteiger partial charge >= 0.3 is 0 Å². The summed E-state index contributed by atoms with van der Waals surface area (Å²) >= 11 is 1.54. The second-order valence-corrected chi connectivity index (χ2v) is 7.31. The molecule has 1 atom stereocenters. The van der Waals surface area contributed by atoms with E-state index in [1.54, 1.807) is 30.5 Å². The summed E-state index contributed by atoms with van der Waals surface area (Å²) in [5.41, 5.74) is -0.145. The summed E-state index contributed by atoms with van der Waals surface area (Å²) in [5, 5.41) is 13.7. The quantitative estimate of drug-likeness (QED) is 0.865. The lowest BCUT2D eigenvalue weighted by Gasteiger charge is -2.29. The van der Waals surface area contributed by atoms with E-state index in [0.29, 0.717) is 26.1 Å². The van der Waals surface area contributed by atoms with E-state index in [1.165, 1.54) is 11.3 Å². The van der Waals surface area contributed by atoms with E-state index >= 15 is 0 Å². The number of carbonyl (C=O) groups excluding carboxylic acids is 1. The molecule has 1 aliphatic rings. The highest BCUT2D eigenvalue weighted by Gasteiger charge is 2.38. The summed E-state index contributed by atoms with van der Waals surface area (Å²) < 4.78 is 0. The lowest BCUT2D eigenvalue weighted by atomic mass is 10.0. The molecule has 24 heavy (non-hydrogen) atoms. The molecule has 0 radical (unpaired) electrons. The van der Waals surface area contributed by atoms with Crippen molar-refractivity contribution in [2.75, 3.05) is 31.6 Å². The number of amides is 1. The van der Waals surface area contributed by atoms with Crippen LogP contribution in [0.15, 0.2) is 24.0 Å². The highest BCUT2D eigenvalue weighted by molar-refractivity contribution is 7.09.